The van der Waals surface area contributed by atoms with Gasteiger partial charge >= 0.3 is 35.9 Å². The van der Waals surface area contributed by atoms with E-state index in [2.05, 4.69) is 10.1 Å². The second-order valence-electron chi connectivity index (χ2n) is 7.24. The Morgan fingerprint density at radius 2 is 1.42 bits per heavy atom. The minimum absolute atomic E-state index is 0.436. The number of rotatable bonds is 8. The van der Waals surface area contributed by atoms with Crippen LogP contribution in [0.25, 0.3) is 0 Å². The predicted molar refractivity (Wildman–Crippen MR) is 101 cm³/mol. The molecule has 2 saturated heterocycles. The van der Waals surface area contributed by atoms with E-state index in [9.17, 15) is 28.8 Å². The zero-order valence-electron chi connectivity index (χ0n) is 18.6. The van der Waals surface area contributed by atoms with Crippen molar-refractivity contribution in [1.29, 1.82) is 0 Å². The normalized spacial score (nSPS) is 29.8. The maximum absolute atomic E-state index is 11.9. The van der Waals surface area contributed by atoms with Crippen molar-refractivity contribution in [1.82, 2.24) is 5.32 Å². The quantitative estimate of drug-likeness (QED) is 0.260. The van der Waals surface area contributed by atoms with E-state index in [1.807, 2.05) is 0 Å². The van der Waals surface area contributed by atoms with Crippen LogP contribution in [0.5, 0.6) is 0 Å². The van der Waals surface area contributed by atoms with Gasteiger partial charge in [0.2, 0.25) is 0 Å². The number of carbonyl (C=O) groups is 6. The summed E-state index contributed by atoms with van der Waals surface area (Å²) < 4.78 is 36.6. The lowest BCUT2D eigenvalue weighted by Gasteiger charge is -2.44. The summed E-state index contributed by atoms with van der Waals surface area (Å²) in [6.45, 7) is 5.35. The lowest BCUT2D eigenvalue weighted by Crippen LogP contribution is -2.63. The Kier molecular flexibility index (Phi) is 8.70. The summed E-state index contributed by atoms with van der Waals surface area (Å²) in [5.41, 5.74) is 0. The van der Waals surface area contributed by atoms with Gasteiger partial charge in [0, 0.05) is 27.7 Å². The molecule has 7 atom stereocenters. The molecule has 1 amide bonds. The van der Waals surface area contributed by atoms with Crippen LogP contribution in [-0.4, -0.2) is 85.4 Å². The fraction of sp³-hybridized carbons (Fsp3) is 0.684. The Balaban J connectivity index is 2.39. The zero-order chi connectivity index (χ0) is 24.9. The van der Waals surface area contributed by atoms with Gasteiger partial charge < -0.3 is 38.5 Å². The number of cyclic esters (lactones) is 2. The minimum Gasteiger partial charge on any atom is -0.463 e. The first-order chi connectivity index (χ1) is 15.4. The summed E-state index contributed by atoms with van der Waals surface area (Å²) >= 11 is 0. The average Bonchev–Trinajstić information content (AvgIpc) is 3.02. The van der Waals surface area contributed by atoms with E-state index >= 15 is 0 Å². The van der Waals surface area contributed by atoms with Crippen molar-refractivity contribution in [2.24, 2.45) is 0 Å². The van der Waals surface area contributed by atoms with Crippen molar-refractivity contribution in [2.45, 2.75) is 77.5 Å². The monoisotopic (exact) mass is 475 g/mol. The highest BCUT2D eigenvalue weighted by atomic mass is 16.7. The molecule has 2 fully saturated rings. The molecule has 2 aliphatic rings. The minimum atomic E-state index is -1.49. The van der Waals surface area contributed by atoms with Gasteiger partial charge in [-0.2, -0.15) is 0 Å². The highest BCUT2D eigenvalue weighted by Crippen LogP contribution is 2.31. The molecule has 0 spiro atoms. The van der Waals surface area contributed by atoms with E-state index in [4.69, 9.17) is 28.4 Å². The summed E-state index contributed by atoms with van der Waals surface area (Å²) in [4.78, 5) is 69.8. The highest BCUT2D eigenvalue weighted by molar-refractivity contribution is 5.95. The first-order valence-corrected chi connectivity index (χ1v) is 9.87. The van der Waals surface area contributed by atoms with Gasteiger partial charge in [0.05, 0.1) is 6.10 Å². The SMILES string of the molecule is CC(=O)OC[C@H]1O[C@@H](O[C@H](C)[C@@H]2NC(=O)OC2=O)[C@H](OC(C)=O)[C@@H](OC(C)=O)[C@H]1OC(C)=O. The highest BCUT2D eigenvalue weighted by Gasteiger charge is 2.54. The smallest absolute Gasteiger partial charge is 0.415 e. The van der Waals surface area contributed by atoms with Crippen molar-refractivity contribution in [3.05, 3.63) is 0 Å². The molecule has 0 aromatic rings. The van der Waals surface area contributed by atoms with Crippen LogP contribution in [0.15, 0.2) is 0 Å². The summed E-state index contributed by atoms with van der Waals surface area (Å²) in [5, 5.41) is 2.26. The van der Waals surface area contributed by atoms with E-state index in [1.165, 1.54) is 6.92 Å². The Morgan fingerprint density at radius 1 is 0.879 bits per heavy atom. The van der Waals surface area contributed by atoms with Gasteiger partial charge in [0.15, 0.2) is 30.6 Å². The van der Waals surface area contributed by atoms with Crippen molar-refractivity contribution < 1.29 is 61.9 Å². The number of nitrogens with one attached hydrogen (secondary N) is 1. The number of amides is 1. The van der Waals surface area contributed by atoms with Crippen molar-refractivity contribution >= 4 is 35.9 Å². The lowest BCUT2D eigenvalue weighted by molar-refractivity contribution is -0.316. The second kappa shape index (κ2) is 11.0. The molecule has 0 aliphatic carbocycles. The third-order valence-corrected chi connectivity index (χ3v) is 4.49. The van der Waals surface area contributed by atoms with Crippen LogP contribution in [0, 0.1) is 0 Å². The number of carbonyl (C=O) groups excluding carboxylic acids is 6. The van der Waals surface area contributed by atoms with Crippen LogP contribution in [0.1, 0.15) is 34.6 Å². The number of hydrogen-bond acceptors (Lipinski definition) is 13. The van der Waals surface area contributed by atoms with E-state index in [-0.39, 0.29) is 0 Å². The molecule has 0 saturated carbocycles. The Labute approximate surface area is 188 Å². The van der Waals surface area contributed by atoms with Gasteiger partial charge in [-0.1, -0.05) is 0 Å². The Bertz CT molecular complexity index is 812. The largest absolute Gasteiger partial charge is 0.463 e. The van der Waals surface area contributed by atoms with Crippen molar-refractivity contribution in [3.8, 4) is 0 Å². The molecule has 0 aromatic heterocycles. The third kappa shape index (κ3) is 7.12. The van der Waals surface area contributed by atoms with E-state index in [1.54, 1.807) is 0 Å². The number of ether oxygens (including phenoxy) is 7. The molecule has 14 nitrogen and oxygen atoms in total. The van der Waals surface area contributed by atoms with Gasteiger partial charge in [0.1, 0.15) is 12.7 Å². The summed E-state index contributed by atoms with van der Waals surface area (Å²) in [6, 6.07) is -1.20. The number of alkyl carbamates (subject to hydrolysis) is 1. The van der Waals surface area contributed by atoms with Crippen molar-refractivity contribution in [2.75, 3.05) is 6.61 Å². The molecule has 2 rings (SSSR count). The van der Waals surface area contributed by atoms with Crippen LogP contribution in [0.4, 0.5) is 4.79 Å². The van der Waals surface area contributed by atoms with Crippen LogP contribution in [-0.2, 0) is 57.1 Å². The number of hydrogen-bond donors (Lipinski definition) is 1. The molecule has 0 unspecified atom stereocenters. The molecule has 2 heterocycles. The molecule has 0 aromatic carbocycles. The molecule has 33 heavy (non-hydrogen) atoms. The van der Waals surface area contributed by atoms with Gasteiger partial charge in [0.25, 0.3) is 0 Å². The Hall–Kier alpha value is -3.26. The molecule has 0 bridgehead atoms. The molecule has 184 valence electrons. The molecular formula is C19H25NO13. The maximum Gasteiger partial charge on any atom is 0.415 e. The predicted octanol–water partition coefficient (Wildman–Crippen LogP) is -0.890. The topological polar surface area (TPSA) is 179 Å². The summed E-state index contributed by atoms with van der Waals surface area (Å²) in [7, 11) is 0. The fourth-order valence-corrected chi connectivity index (χ4v) is 3.27. The molecule has 0 radical (unpaired) electrons. The summed E-state index contributed by atoms with van der Waals surface area (Å²) in [6.07, 6.45) is -8.97. The van der Waals surface area contributed by atoms with Crippen LogP contribution >= 0.6 is 0 Å². The average molecular weight is 475 g/mol. The molecule has 2 aliphatic heterocycles. The van der Waals surface area contributed by atoms with Gasteiger partial charge in [-0.15, -0.1) is 0 Å². The van der Waals surface area contributed by atoms with E-state index in [0.29, 0.717) is 0 Å². The fourth-order valence-electron chi connectivity index (χ4n) is 3.27. The third-order valence-electron chi connectivity index (χ3n) is 4.49. The first-order valence-electron chi connectivity index (χ1n) is 9.87. The Morgan fingerprint density at radius 3 is 1.91 bits per heavy atom. The second-order valence-corrected chi connectivity index (χ2v) is 7.24. The summed E-state index contributed by atoms with van der Waals surface area (Å²) in [5.74, 6) is -3.97. The van der Waals surface area contributed by atoms with Crippen LogP contribution in [0.3, 0.4) is 0 Å². The zero-order valence-corrected chi connectivity index (χ0v) is 18.6. The molecular weight excluding hydrogens is 450 g/mol. The lowest BCUT2D eigenvalue weighted by atomic mass is 9.98. The van der Waals surface area contributed by atoms with Gasteiger partial charge in [-0.05, 0) is 6.92 Å². The van der Waals surface area contributed by atoms with Crippen molar-refractivity contribution in [3.63, 3.8) is 0 Å². The first kappa shape index (κ1) is 26.0. The number of esters is 5. The van der Waals surface area contributed by atoms with Gasteiger partial charge in [-0.25, -0.2) is 9.59 Å². The van der Waals surface area contributed by atoms with E-state index < -0.39 is 85.4 Å². The standard InChI is InChI=1S/C19H25NO13/c1-7(13-17(25)33-19(26)20-13)28-18-16(31-11(5)24)15(30-10(4)23)14(29-9(3)22)12(32-18)6-27-8(2)21/h7,12-16,18H,6H2,1-5H3,(H,20,26)/t7-,12-,13+,14+,15+,16-,18-/m1/s1. The van der Waals surface area contributed by atoms with E-state index in [0.717, 1.165) is 27.7 Å². The van der Waals surface area contributed by atoms with Gasteiger partial charge in [-0.3, -0.25) is 19.2 Å². The molecule has 1 N–H and O–H groups in total. The van der Waals surface area contributed by atoms with Crippen LogP contribution in [0.2, 0.25) is 0 Å². The maximum atomic E-state index is 11.9. The molecule has 14 heteroatoms. The van der Waals surface area contributed by atoms with Crippen LogP contribution < -0.4 is 5.32 Å².